The van der Waals surface area contributed by atoms with Crippen LogP contribution in [0.25, 0.3) is 0 Å². The van der Waals surface area contributed by atoms with Crippen LogP contribution >= 0.6 is 0 Å². The zero-order valence-corrected chi connectivity index (χ0v) is 10.8. The molecule has 1 heterocycles. The number of hydrogen-bond donors (Lipinski definition) is 2. The molecule has 2 unspecified atom stereocenters. The van der Waals surface area contributed by atoms with Crippen LogP contribution in [0.3, 0.4) is 0 Å². The molecule has 19 heavy (non-hydrogen) atoms. The van der Waals surface area contributed by atoms with Crippen molar-refractivity contribution < 1.29 is 9.50 Å². The Morgan fingerprint density at radius 2 is 1.95 bits per heavy atom. The zero-order valence-electron chi connectivity index (χ0n) is 10.8. The third kappa shape index (κ3) is 2.97. The van der Waals surface area contributed by atoms with Gasteiger partial charge in [-0.1, -0.05) is 12.1 Å². The van der Waals surface area contributed by atoms with E-state index in [1.54, 1.807) is 36.7 Å². The van der Waals surface area contributed by atoms with E-state index < -0.39 is 11.9 Å². The SMILES string of the molecule is Cc1ccc(C(O)C(CN)c2ccncc2)c(F)c1. The molecular formula is C15H17FN2O. The summed E-state index contributed by atoms with van der Waals surface area (Å²) in [6.07, 6.45) is 2.31. The largest absolute Gasteiger partial charge is 0.388 e. The maximum Gasteiger partial charge on any atom is 0.129 e. The van der Waals surface area contributed by atoms with Crippen LogP contribution in [-0.2, 0) is 0 Å². The number of rotatable bonds is 4. The van der Waals surface area contributed by atoms with Crippen molar-refractivity contribution in [2.24, 2.45) is 5.73 Å². The van der Waals surface area contributed by atoms with Gasteiger partial charge in [0.05, 0.1) is 6.10 Å². The molecule has 3 N–H and O–H groups in total. The lowest BCUT2D eigenvalue weighted by atomic mass is 9.89. The molecular weight excluding hydrogens is 243 g/mol. The fraction of sp³-hybridized carbons (Fsp3) is 0.267. The van der Waals surface area contributed by atoms with Crippen molar-refractivity contribution in [2.45, 2.75) is 18.9 Å². The molecule has 0 spiro atoms. The third-order valence-electron chi connectivity index (χ3n) is 3.24. The van der Waals surface area contributed by atoms with Crippen molar-refractivity contribution in [3.63, 3.8) is 0 Å². The number of halogens is 1. The summed E-state index contributed by atoms with van der Waals surface area (Å²) in [7, 11) is 0. The van der Waals surface area contributed by atoms with E-state index in [4.69, 9.17) is 5.73 Å². The van der Waals surface area contributed by atoms with E-state index in [-0.39, 0.29) is 18.0 Å². The zero-order chi connectivity index (χ0) is 13.8. The van der Waals surface area contributed by atoms with E-state index in [0.29, 0.717) is 0 Å². The van der Waals surface area contributed by atoms with Crippen molar-refractivity contribution >= 4 is 0 Å². The fourth-order valence-electron chi connectivity index (χ4n) is 2.15. The average molecular weight is 260 g/mol. The predicted octanol–water partition coefficient (Wildman–Crippen LogP) is 2.31. The first-order valence-corrected chi connectivity index (χ1v) is 6.17. The van der Waals surface area contributed by atoms with Gasteiger partial charge in [0.1, 0.15) is 5.82 Å². The van der Waals surface area contributed by atoms with Gasteiger partial charge >= 0.3 is 0 Å². The number of aliphatic hydroxyl groups is 1. The van der Waals surface area contributed by atoms with Gasteiger partial charge in [-0.2, -0.15) is 0 Å². The Balaban J connectivity index is 2.33. The van der Waals surface area contributed by atoms with Gasteiger partial charge < -0.3 is 10.8 Å². The summed E-state index contributed by atoms with van der Waals surface area (Å²) >= 11 is 0. The van der Waals surface area contributed by atoms with Crippen LogP contribution in [0.2, 0.25) is 0 Å². The molecule has 1 aromatic heterocycles. The molecule has 0 radical (unpaired) electrons. The molecule has 100 valence electrons. The minimum absolute atomic E-state index is 0.235. The molecule has 0 aliphatic carbocycles. The summed E-state index contributed by atoms with van der Waals surface area (Å²) in [6, 6.07) is 8.37. The Morgan fingerprint density at radius 3 is 2.53 bits per heavy atom. The maximum atomic E-state index is 13.9. The van der Waals surface area contributed by atoms with Gasteiger partial charge in [-0.15, -0.1) is 0 Å². The molecule has 0 saturated heterocycles. The highest BCUT2D eigenvalue weighted by Crippen LogP contribution is 2.31. The van der Waals surface area contributed by atoms with Crippen molar-refractivity contribution in [1.29, 1.82) is 0 Å². The van der Waals surface area contributed by atoms with Crippen LogP contribution in [0.1, 0.15) is 28.7 Å². The van der Waals surface area contributed by atoms with Crippen molar-refractivity contribution in [3.05, 3.63) is 65.2 Å². The monoisotopic (exact) mass is 260 g/mol. The normalized spacial score (nSPS) is 14.1. The Morgan fingerprint density at radius 1 is 1.26 bits per heavy atom. The van der Waals surface area contributed by atoms with Crippen molar-refractivity contribution in [1.82, 2.24) is 4.98 Å². The van der Waals surface area contributed by atoms with Crippen molar-refractivity contribution in [2.75, 3.05) is 6.54 Å². The maximum absolute atomic E-state index is 13.9. The van der Waals surface area contributed by atoms with E-state index in [1.165, 1.54) is 6.07 Å². The molecule has 2 aromatic rings. The highest BCUT2D eigenvalue weighted by atomic mass is 19.1. The molecule has 0 fully saturated rings. The van der Waals surface area contributed by atoms with Gasteiger partial charge in [0, 0.05) is 30.4 Å². The van der Waals surface area contributed by atoms with Gasteiger partial charge in [-0.25, -0.2) is 4.39 Å². The molecule has 0 amide bonds. The Kier molecular flexibility index (Phi) is 4.24. The minimum Gasteiger partial charge on any atom is -0.388 e. The lowest BCUT2D eigenvalue weighted by molar-refractivity contribution is 0.143. The highest BCUT2D eigenvalue weighted by molar-refractivity contribution is 5.29. The van der Waals surface area contributed by atoms with Gasteiger partial charge in [-0.3, -0.25) is 4.98 Å². The molecule has 2 atom stereocenters. The molecule has 3 nitrogen and oxygen atoms in total. The Labute approximate surface area is 111 Å². The first-order valence-electron chi connectivity index (χ1n) is 6.17. The number of benzene rings is 1. The first kappa shape index (κ1) is 13.6. The second kappa shape index (κ2) is 5.91. The van der Waals surface area contributed by atoms with Crippen molar-refractivity contribution in [3.8, 4) is 0 Å². The van der Waals surface area contributed by atoms with Crippen LogP contribution in [-0.4, -0.2) is 16.6 Å². The predicted molar refractivity (Wildman–Crippen MR) is 72.1 cm³/mol. The lowest BCUT2D eigenvalue weighted by Crippen LogP contribution is -2.21. The minimum atomic E-state index is -0.965. The van der Waals surface area contributed by atoms with Gasteiger partial charge in [0.25, 0.3) is 0 Å². The van der Waals surface area contributed by atoms with Crippen LogP contribution in [0.15, 0.2) is 42.7 Å². The van der Waals surface area contributed by atoms with Crippen LogP contribution in [0, 0.1) is 12.7 Å². The second-order valence-corrected chi connectivity index (χ2v) is 4.59. The number of pyridine rings is 1. The Bertz CT molecular complexity index is 545. The molecule has 0 aliphatic heterocycles. The topological polar surface area (TPSA) is 59.1 Å². The number of hydrogen-bond acceptors (Lipinski definition) is 3. The molecule has 0 saturated carbocycles. The second-order valence-electron chi connectivity index (χ2n) is 4.59. The summed E-state index contributed by atoms with van der Waals surface area (Å²) in [5.41, 5.74) is 7.67. The number of aromatic nitrogens is 1. The van der Waals surface area contributed by atoms with E-state index in [9.17, 15) is 9.50 Å². The molecule has 1 aromatic carbocycles. The lowest BCUT2D eigenvalue weighted by Gasteiger charge is -2.22. The van der Waals surface area contributed by atoms with Crippen LogP contribution in [0.4, 0.5) is 4.39 Å². The van der Waals surface area contributed by atoms with E-state index >= 15 is 0 Å². The number of nitrogens with two attached hydrogens (primary N) is 1. The molecule has 0 bridgehead atoms. The summed E-state index contributed by atoms with van der Waals surface area (Å²) in [5, 5.41) is 10.4. The average Bonchev–Trinajstić information content (AvgIpc) is 2.40. The summed E-state index contributed by atoms with van der Waals surface area (Å²) in [5.74, 6) is -0.750. The highest BCUT2D eigenvalue weighted by Gasteiger charge is 2.23. The molecule has 2 rings (SSSR count). The van der Waals surface area contributed by atoms with E-state index in [0.717, 1.165) is 11.1 Å². The quantitative estimate of drug-likeness (QED) is 0.886. The first-order chi connectivity index (χ1) is 9.13. The smallest absolute Gasteiger partial charge is 0.129 e. The molecule has 0 aliphatic rings. The number of aliphatic hydroxyl groups excluding tert-OH is 1. The summed E-state index contributed by atoms with van der Waals surface area (Å²) < 4.78 is 13.9. The summed E-state index contributed by atoms with van der Waals surface area (Å²) in [6.45, 7) is 2.04. The third-order valence-corrected chi connectivity index (χ3v) is 3.24. The standard InChI is InChI=1S/C15H17FN2O/c1-10-2-3-12(14(16)8-10)15(19)13(9-17)11-4-6-18-7-5-11/h2-8,13,15,19H,9,17H2,1H3. The Hall–Kier alpha value is -1.78. The molecule has 4 heteroatoms. The van der Waals surface area contributed by atoms with Gasteiger partial charge in [0.2, 0.25) is 0 Å². The van der Waals surface area contributed by atoms with Gasteiger partial charge in [0.15, 0.2) is 0 Å². The van der Waals surface area contributed by atoms with E-state index in [2.05, 4.69) is 4.98 Å². The van der Waals surface area contributed by atoms with Gasteiger partial charge in [-0.05, 0) is 36.2 Å². The van der Waals surface area contributed by atoms with Crippen LogP contribution in [0.5, 0.6) is 0 Å². The summed E-state index contributed by atoms with van der Waals surface area (Å²) in [4.78, 5) is 3.93. The fourth-order valence-corrected chi connectivity index (χ4v) is 2.15. The number of aryl methyl sites for hydroxylation is 1. The number of nitrogens with zero attached hydrogens (tertiary/aromatic N) is 1. The van der Waals surface area contributed by atoms with E-state index in [1.807, 2.05) is 6.92 Å². The van der Waals surface area contributed by atoms with Crippen LogP contribution < -0.4 is 5.73 Å².